The van der Waals surface area contributed by atoms with E-state index >= 15 is 0 Å². The first-order chi connectivity index (χ1) is 5.72. The van der Waals surface area contributed by atoms with Crippen LogP contribution in [0.2, 0.25) is 0 Å². The summed E-state index contributed by atoms with van der Waals surface area (Å²) in [5.74, 6) is 0.0103. The first-order valence-electron chi connectivity index (χ1n) is 4.01. The summed E-state index contributed by atoms with van der Waals surface area (Å²) in [6.45, 7) is 2.45. The van der Waals surface area contributed by atoms with Gasteiger partial charge >= 0.3 is 77.1 Å². The molecule has 66 valence electrons. The van der Waals surface area contributed by atoms with Gasteiger partial charge in [-0.05, 0) is 0 Å². The Kier molecular flexibility index (Phi) is 1.99. The molecule has 0 aromatic heterocycles. The topological polar surface area (TPSA) is 40.5 Å². The Morgan fingerprint density at radius 3 is 3.25 bits per heavy atom. The molecule has 3 atom stereocenters. The zero-order chi connectivity index (χ0) is 8.72. The van der Waals surface area contributed by atoms with Gasteiger partial charge in [0.15, 0.2) is 0 Å². The molecule has 0 saturated carbocycles. The molecule has 0 aliphatic carbocycles. The van der Waals surface area contributed by atoms with Crippen molar-refractivity contribution < 1.29 is 9.90 Å². The number of carbonyl (C=O) groups is 1. The summed E-state index contributed by atoms with van der Waals surface area (Å²) in [7, 11) is 0. The van der Waals surface area contributed by atoms with Crippen molar-refractivity contribution in [2.24, 2.45) is 5.92 Å². The number of β-lactam (4-membered cyclic amide) rings is 1. The van der Waals surface area contributed by atoms with Crippen LogP contribution in [0.15, 0.2) is 11.1 Å². The van der Waals surface area contributed by atoms with Crippen molar-refractivity contribution in [2.45, 2.75) is 18.0 Å². The number of amides is 1. The first-order valence-corrected chi connectivity index (χ1v) is 5.98. The van der Waals surface area contributed by atoms with E-state index in [1.54, 1.807) is 6.92 Å². The molecular formula is C8H11NO2Se. The van der Waals surface area contributed by atoms with E-state index in [1.165, 1.54) is 0 Å². The van der Waals surface area contributed by atoms with Gasteiger partial charge in [0.1, 0.15) is 0 Å². The zero-order valence-corrected chi connectivity index (χ0v) is 8.52. The van der Waals surface area contributed by atoms with E-state index in [1.807, 2.05) is 11.0 Å². The Labute approximate surface area is 77.6 Å². The number of aliphatic hydroxyl groups excluding tert-OH is 1. The van der Waals surface area contributed by atoms with Gasteiger partial charge < -0.3 is 0 Å². The number of hydrogen-bond donors (Lipinski definition) is 1. The monoisotopic (exact) mass is 233 g/mol. The number of hydrogen-bond acceptors (Lipinski definition) is 2. The summed E-state index contributed by atoms with van der Waals surface area (Å²) in [4.78, 5) is 15.7. The van der Waals surface area contributed by atoms with Gasteiger partial charge in [0.2, 0.25) is 0 Å². The van der Waals surface area contributed by atoms with Crippen LogP contribution >= 0.6 is 0 Å². The maximum absolute atomic E-state index is 11.4. The van der Waals surface area contributed by atoms with Crippen molar-refractivity contribution >= 4 is 20.9 Å². The van der Waals surface area contributed by atoms with Crippen LogP contribution in [0.3, 0.4) is 0 Å². The van der Waals surface area contributed by atoms with Crippen LogP contribution < -0.4 is 0 Å². The second-order valence-electron chi connectivity index (χ2n) is 3.16. The molecule has 3 nitrogen and oxygen atoms in total. The van der Waals surface area contributed by atoms with E-state index in [4.69, 9.17) is 0 Å². The second-order valence-corrected chi connectivity index (χ2v) is 5.31. The van der Waals surface area contributed by atoms with Crippen LogP contribution in [0, 0.1) is 5.92 Å². The number of rotatable bonds is 1. The van der Waals surface area contributed by atoms with Crippen LogP contribution in [0.1, 0.15) is 6.92 Å². The molecule has 4 heteroatoms. The molecular weight excluding hydrogens is 221 g/mol. The molecule has 1 fully saturated rings. The molecule has 1 saturated heterocycles. The molecule has 1 amide bonds. The molecule has 1 N–H and O–H groups in total. The summed E-state index contributed by atoms with van der Waals surface area (Å²) in [6.07, 6.45) is 1.55. The summed E-state index contributed by atoms with van der Waals surface area (Å²) < 4.78 is 0. The van der Waals surface area contributed by atoms with Crippen molar-refractivity contribution in [1.82, 2.24) is 4.90 Å². The van der Waals surface area contributed by atoms with Gasteiger partial charge in [-0.25, -0.2) is 0 Å². The van der Waals surface area contributed by atoms with Gasteiger partial charge in [-0.1, -0.05) is 0 Å². The maximum atomic E-state index is 11.4. The predicted octanol–water partition coefficient (Wildman–Crippen LogP) is -0.617. The third-order valence-electron chi connectivity index (χ3n) is 2.32. The molecule has 2 aliphatic heterocycles. The number of nitrogens with zero attached hydrogens (tertiary/aromatic N) is 1. The van der Waals surface area contributed by atoms with Gasteiger partial charge in [-0.15, -0.1) is 0 Å². The summed E-state index contributed by atoms with van der Waals surface area (Å²) in [5.41, 5.74) is 0. The van der Waals surface area contributed by atoms with Gasteiger partial charge in [0.05, 0.1) is 0 Å². The number of carbonyl (C=O) groups excluding carboxylic acids is 1. The normalized spacial score (nSPS) is 35.8. The summed E-state index contributed by atoms with van der Waals surface area (Å²) in [5, 5.41) is 9.32. The van der Waals surface area contributed by atoms with Crippen LogP contribution in [0.25, 0.3) is 0 Å². The van der Waals surface area contributed by atoms with Gasteiger partial charge in [-0.3, -0.25) is 0 Å². The van der Waals surface area contributed by atoms with Gasteiger partial charge in [0.25, 0.3) is 0 Å². The Balaban J connectivity index is 2.12. The van der Waals surface area contributed by atoms with Crippen molar-refractivity contribution in [3.05, 3.63) is 11.1 Å². The minimum atomic E-state index is -0.480. The summed E-state index contributed by atoms with van der Waals surface area (Å²) >= 11 is 0.369. The molecule has 2 heterocycles. The van der Waals surface area contributed by atoms with Crippen LogP contribution in [0.5, 0.6) is 0 Å². The first kappa shape index (κ1) is 8.30. The van der Waals surface area contributed by atoms with E-state index in [0.29, 0.717) is 19.9 Å². The fraction of sp³-hybridized carbons (Fsp3) is 0.625. The van der Waals surface area contributed by atoms with Gasteiger partial charge in [0, 0.05) is 0 Å². The molecule has 12 heavy (non-hydrogen) atoms. The van der Waals surface area contributed by atoms with Crippen LogP contribution in [0.4, 0.5) is 0 Å². The SMILES string of the molecule is C[C@@H](O)[C@H]1C(=O)N2CC=C[Se][C@H]12. The Bertz CT molecular complexity index is 239. The molecule has 0 aromatic carbocycles. The van der Waals surface area contributed by atoms with Crippen molar-refractivity contribution in [1.29, 1.82) is 0 Å². The molecule has 0 spiro atoms. The van der Waals surface area contributed by atoms with Crippen molar-refractivity contribution in [3.63, 3.8) is 0 Å². The molecule has 0 bridgehead atoms. The van der Waals surface area contributed by atoms with Crippen molar-refractivity contribution in [2.75, 3.05) is 6.54 Å². The molecule has 0 aromatic rings. The van der Waals surface area contributed by atoms with E-state index in [-0.39, 0.29) is 11.8 Å². The Morgan fingerprint density at radius 1 is 1.83 bits per heavy atom. The van der Waals surface area contributed by atoms with Crippen LogP contribution in [-0.4, -0.2) is 48.5 Å². The second kappa shape index (κ2) is 2.87. The van der Waals surface area contributed by atoms with E-state index in [2.05, 4.69) is 4.97 Å². The van der Waals surface area contributed by atoms with E-state index in [9.17, 15) is 9.90 Å². The average Bonchev–Trinajstić information content (AvgIpc) is 2.03. The van der Waals surface area contributed by atoms with Gasteiger partial charge in [-0.2, -0.15) is 0 Å². The molecule has 2 aliphatic rings. The minimum absolute atomic E-state index is 0.116. The third-order valence-corrected chi connectivity index (χ3v) is 4.79. The number of aliphatic hydroxyl groups is 1. The number of fused-ring (bicyclic) bond motifs is 1. The predicted molar refractivity (Wildman–Crippen MR) is 45.6 cm³/mol. The zero-order valence-electron chi connectivity index (χ0n) is 6.80. The van der Waals surface area contributed by atoms with Crippen molar-refractivity contribution in [3.8, 4) is 0 Å². The molecule has 2 rings (SSSR count). The third kappa shape index (κ3) is 1.03. The molecule has 0 unspecified atom stereocenters. The standard InChI is InChI=1S/C8H11NO2Se/c1-5(10)6-7(11)9-3-2-4-12-8(6)9/h2,4-6,8,10H,3H2,1H3/t5-,6+,8-/m1/s1. The van der Waals surface area contributed by atoms with E-state index < -0.39 is 6.10 Å². The van der Waals surface area contributed by atoms with Crippen LogP contribution in [-0.2, 0) is 4.79 Å². The fourth-order valence-corrected chi connectivity index (χ4v) is 4.17. The summed E-state index contributed by atoms with van der Waals surface area (Å²) in [6, 6.07) is 0. The Hall–Kier alpha value is -0.311. The quantitative estimate of drug-likeness (QED) is 0.483. The molecule has 0 radical (unpaired) electrons. The Morgan fingerprint density at radius 2 is 2.58 bits per heavy atom. The van der Waals surface area contributed by atoms with E-state index in [0.717, 1.165) is 6.54 Å². The fourth-order valence-electron chi connectivity index (χ4n) is 1.64. The average molecular weight is 232 g/mol.